The standard InChI is InChI=1S/C21H21N3O5S/c1-13-3-5-14(6-4-13)12-29-17-9-15(7-8-16(17)28-2)11-22-24-21-23-20(27)18(30-21)10-19(25)26/h3-9,11,18H,10,12H2,1-2H3,(H,25,26)(H,23,24,27). The number of nitrogens with one attached hydrogen (secondary N) is 1. The van der Waals surface area contributed by atoms with Gasteiger partial charge in [0.15, 0.2) is 16.7 Å². The average molecular weight is 427 g/mol. The fraction of sp³-hybridized carbons (Fsp3) is 0.238. The number of thioether (sulfide) groups is 1. The van der Waals surface area contributed by atoms with Gasteiger partial charge in [0.05, 0.1) is 19.7 Å². The largest absolute Gasteiger partial charge is 0.493 e. The van der Waals surface area contributed by atoms with E-state index in [0.29, 0.717) is 18.1 Å². The molecule has 0 aliphatic carbocycles. The zero-order valence-electron chi connectivity index (χ0n) is 16.5. The van der Waals surface area contributed by atoms with Crippen molar-refractivity contribution < 1.29 is 24.2 Å². The summed E-state index contributed by atoms with van der Waals surface area (Å²) in [4.78, 5) is 22.5. The van der Waals surface area contributed by atoms with Crippen LogP contribution in [0.3, 0.4) is 0 Å². The van der Waals surface area contributed by atoms with Crippen LogP contribution in [0.5, 0.6) is 11.5 Å². The number of carboxylic acids is 1. The fourth-order valence-corrected chi connectivity index (χ4v) is 3.54. The van der Waals surface area contributed by atoms with Crippen molar-refractivity contribution in [3.8, 4) is 11.5 Å². The van der Waals surface area contributed by atoms with Crippen molar-refractivity contribution >= 4 is 35.0 Å². The molecule has 0 saturated carbocycles. The predicted octanol–water partition coefficient (Wildman–Crippen LogP) is 2.98. The van der Waals surface area contributed by atoms with Crippen LogP contribution in [0.2, 0.25) is 0 Å². The highest BCUT2D eigenvalue weighted by atomic mass is 32.2. The van der Waals surface area contributed by atoms with Crippen molar-refractivity contribution in [3.05, 3.63) is 59.2 Å². The zero-order chi connectivity index (χ0) is 21.5. The first kappa shape index (κ1) is 21.4. The van der Waals surface area contributed by atoms with Gasteiger partial charge in [0.2, 0.25) is 5.91 Å². The number of benzene rings is 2. The second-order valence-corrected chi connectivity index (χ2v) is 7.72. The van der Waals surface area contributed by atoms with E-state index < -0.39 is 11.2 Å². The molecule has 0 bridgehead atoms. The molecule has 1 atom stereocenters. The number of amides is 1. The van der Waals surface area contributed by atoms with E-state index in [1.165, 1.54) is 11.8 Å². The number of amidine groups is 1. The minimum Gasteiger partial charge on any atom is -0.493 e. The second-order valence-electron chi connectivity index (χ2n) is 6.53. The van der Waals surface area contributed by atoms with Crippen molar-refractivity contribution in [1.82, 2.24) is 5.32 Å². The lowest BCUT2D eigenvalue weighted by molar-refractivity contribution is -0.138. The number of nitrogens with zero attached hydrogens (tertiary/aromatic N) is 2. The van der Waals surface area contributed by atoms with Crippen LogP contribution >= 0.6 is 11.8 Å². The number of carboxylic acid groups (broad SMARTS) is 1. The highest BCUT2D eigenvalue weighted by Gasteiger charge is 2.32. The number of aryl methyl sites for hydroxylation is 1. The molecule has 0 spiro atoms. The van der Waals surface area contributed by atoms with Crippen LogP contribution in [0, 0.1) is 6.92 Å². The highest BCUT2D eigenvalue weighted by molar-refractivity contribution is 8.15. The van der Waals surface area contributed by atoms with Gasteiger partial charge in [-0.05, 0) is 36.2 Å². The molecule has 2 aromatic carbocycles. The number of ether oxygens (including phenoxy) is 2. The van der Waals surface area contributed by atoms with Gasteiger partial charge in [-0.2, -0.15) is 5.10 Å². The Bertz CT molecular complexity index is 989. The van der Waals surface area contributed by atoms with Gasteiger partial charge in [0.25, 0.3) is 0 Å². The normalized spacial score (nSPS) is 17.3. The molecule has 1 saturated heterocycles. The molecule has 1 fully saturated rings. The second kappa shape index (κ2) is 9.93. The van der Waals surface area contributed by atoms with E-state index in [1.807, 2.05) is 31.2 Å². The van der Waals surface area contributed by atoms with E-state index in [1.54, 1.807) is 25.3 Å². The third-order valence-corrected chi connectivity index (χ3v) is 5.27. The van der Waals surface area contributed by atoms with E-state index >= 15 is 0 Å². The van der Waals surface area contributed by atoms with Gasteiger partial charge in [-0.1, -0.05) is 41.6 Å². The van der Waals surface area contributed by atoms with Crippen LogP contribution in [0.15, 0.2) is 52.7 Å². The monoisotopic (exact) mass is 427 g/mol. The molecular weight excluding hydrogens is 406 g/mol. The van der Waals surface area contributed by atoms with Crippen molar-refractivity contribution in [3.63, 3.8) is 0 Å². The van der Waals surface area contributed by atoms with Gasteiger partial charge in [-0.25, -0.2) is 0 Å². The molecule has 1 aliphatic rings. The average Bonchev–Trinajstić information content (AvgIpc) is 3.06. The molecule has 3 rings (SSSR count). The van der Waals surface area contributed by atoms with E-state index in [0.717, 1.165) is 22.9 Å². The maximum atomic E-state index is 11.7. The molecule has 1 heterocycles. The number of rotatable bonds is 8. The van der Waals surface area contributed by atoms with E-state index in [4.69, 9.17) is 14.6 Å². The Morgan fingerprint density at radius 3 is 2.70 bits per heavy atom. The van der Waals surface area contributed by atoms with Crippen LogP contribution in [0.1, 0.15) is 23.1 Å². The van der Waals surface area contributed by atoms with Crippen LogP contribution in [-0.4, -0.2) is 40.7 Å². The van der Waals surface area contributed by atoms with Crippen LogP contribution in [0.4, 0.5) is 0 Å². The van der Waals surface area contributed by atoms with Crippen LogP contribution in [0.25, 0.3) is 0 Å². The predicted molar refractivity (Wildman–Crippen MR) is 115 cm³/mol. The summed E-state index contributed by atoms with van der Waals surface area (Å²) < 4.78 is 11.3. The summed E-state index contributed by atoms with van der Waals surface area (Å²) >= 11 is 1.05. The Hall–Kier alpha value is -3.33. The summed E-state index contributed by atoms with van der Waals surface area (Å²) in [6, 6.07) is 13.4. The smallest absolute Gasteiger partial charge is 0.305 e. The lowest BCUT2D eigenvalue weighted by Gasteiger charge is -2.11. The Morgan fingerprint density at radius 1 is 1.23 bits per heavy atom. The third-order valence-electron chi connectivity index (χ3n) is 4.19. The number of carbonyl (C=O) groups excluding carboxylic acids is 1. The molecule has 156 valence electrons. The number of hydrogen-bond acceptors (Lipinski definition) is 7. The van der Waals surface area contributed by atoms with Crippen molar-refractivity contribution in [2.75, 3.05) is 7.11 Å². The van der Waals surface area contributed by atoms with E-state index in [-0.39, 0.29) is 17.5 Å². The maximum Gasteiger partial charge on any atom is 0.305 e. The first-order valence-corrected chi connectivity index (χ1v) is 9.99. The minimum absolute atomic E-state index is 0.264. The molecule has 1 aliphatic heterocycles. The van der Waals surface area contributed by atoms with E-state index in [9.17, 15) is 9.59 Å². The SMILES string of the molecule is COc1ccc(C=NN=C2NC(=O)C(CC(=O)O)S2)cc1OCc1ccc(C)cc1. The first-order chi connectivity index (χ1) is 14.4. The number of aliphatic carboxylic acids is 1. The maximum absolute atomic E-state index is 11.7. The van der Waals surface area contributed by atoms with Gasteiger partial charge in [0.1, 0.15) is 11.9 Å². The molecule has 30 heavy (non-hydrogen) atoms. The zero-order valence-corrected chi connectivity index (χ0v) is 17.3. The lowest BCUT2D eigenvalue weighted by Crippen LogP contribution is -2.26. The summed E-state index contributed by atoms with van der Waals surface area (Å²) in [5.41, 5.74) is 2.95. The Morgan fingerprint density at radius 2 is 2.00 bits per heavy atom. The van der Waals surface area contributed by atoms with Gasteiger partial charge in [-0.3, -0.25) is 9.59 Å². The van der Waals surface area contributed by atoms with Gasteiger partial charge in [-0.15, -0.1) is 5.10 Å². The Kier molecular flexibility index (Phi) is 7.08. The molecule has 1 amide bonds. The molecule has 0 radical (unpaired) electrons. The van der Waals surface area contributed by atoms with Gasteiger partial charge < -0.3 is 19.9 Å². The highest BCUT2D eigenvalue weighted by Crippen LogP contribution is 2.28. The van der Waals surface area contributed by atoms with Crippen molar-refractivity contribution in [2.45, 2.75) is 25.2 Å². The van der Waals surface area contributed by atoms with E-state index in [2.05, 4.69) is 15.5 Å². The first-order valence-electron chi connectivity index (χ1n) is 9.11. The molecule has 2 N–H and O–H groups in total. The topological polar surface area (TPSA) is 110 Å². The fourth-order valence-electron chi connectivity index (χ4n) is 2.62. The summed E-state index contributed by atoms with van der Waals surface area (Å²) in [6.45, 7) is 2.43. The Balaban J connectivity index is 1.66. The number of hydrogen-bond donors (Lipinski definition) is 2. The third kappa shape index (κ3) is 5.84. The quantitative estimate of drug-likeness (QED) is 0.495. The Labute approximate surface area is 178 Å². The number of methoxy groups -OCH3 is 1. The van der Waals surface area contributed by atoms with Crippen LogP contribution in [-0.2, 0) is 16.2 Å². The van der Waals surface area contributed by atoms with Crippen LogP contribution < -0.4 is 14.8 Å². The summed E-state index contributed by atoms with van der Waals surface area (Å²) in [7, 11) is 1.57. The summed E-state index contributed by atoms with van der Waals surface area (Å²) in [6.07, 6.45) is 1.25. The molecule has 8 nitrogen and oxygen atoms in total. The minimum atomic E-state index is -1.04. The van der Waals surface area contributed by atoms with Crippen molar-refractivity contribution in [2.24, 2.45) is 10.2 Å². The van der Waals surface area contributed by atoms with Crippen molar-refractivity contribution in [1.29, 1.82) is 0 Å². The lowest BCUT2D eigenvalue weighted by atomic mass is 10.1. The molecule has 2 aromatic rings. The molecule has 0 aromatic heterocycles. The molecule has 1 unspecified atom stereocenters. The number of carbonyl (C=O) groups is 2. The summed E-state index contributed by atoms with van der Waals surface area (Å²) in [5, 5.41) is 18.8. The summed E-state index contributed by atoms with van der Waals surface area (Å²) in [5.74, 6) is -0.253. The molecule has 9 heteroatoms. The van der Waals surface area contributed by atoms with Gasteiger partial charge >= 0.3 is 5.97 Å². The molecular formula is C21H21N3O5S. The van der Waals surface area contributed by atoms with Gasteiger partial charge in [0, 0.05) is 0 Å².